The van der Waals surface area contributed by atoms with E-state index in [4.69, 9.17) is 4.42 Å². The van der Waals surface area contributed by atoms with Crippen LogP contribution in [-0.2, 0) is 11.3 Å². The molecule has 0 radical (unpaired) electrons. The topological polar surface area (TPSA) is 90.0 Å². The number of aryl methyl sites for hydroxylation is 2. The Balaban J connectivity index is 1.62. The van der Waals surface area contributed by atoms with Gasteiger partial charge in [0.1, 0.15) is 0 Å². The maximum atomic E-state index is 11.8. The highest BCUT2D eigenvalue weighted by Crippen LogP contribution is 2.21. The number of nitrogens with one attached hydrogen (secondary N) is 1. The van der Waals surface area contributed by atoms with Gasteiger partial charge in [0.05, 0.1) is 11.4 Å². The molecule has 0 unspecified atom stereocenters. The Labute approximate surface area is 133 Å². The molecule has 0 fully saturated rings. The molecule has 0 aliphatic heterocycles. The molecule has 0 saturated heterocycles. The molecular formula is C13H12N4O3S2. The van der Waals surface area contributed by atoms with E-state index in [-0.39, 0.29) is 24.8 Å². The number of aromatic nitrogens is 3. The number of thiazole rings is 1. The normalized spacial score (nSPS) is 10.8. The van der Waals surface area contributed by atoms with Gasteiger partial charge in [0.15, 0.2) is 5.13 Å². The second-order valence-electron chi connectivity index (χ2n) is 4.45. The van der Waals surface area contributed by atoms with Crippen molar-refractivity contribution < 1.29 is 9.21 Å². The number of nitrogens with zero attached hydrogens (tertiary/aromatic N) is 3. The standard InChI is InChI=1S/C13H12N4O3S2/c1-8-7-14-12(22-8)15-10(18)4-5-17-13(19)20-11(16-17)9-3-2-6-21-9/h2-3,6-7H,4-5H2,1H3,(H,14,15,18). The molecule has 0 aliphatic carbocycles. The van der Waals surface area contributed by atoms with Gasteiger partial charge in [-0.1, -0.05) is 6.07 Å². The zero-order valence-electron chi connectivity index (χ0n) is 11.6. The van der Waals surface area contributed by atoms with E-state index in [2.05, 4.69) is 15.4 Å². The Morgan fingerprint density at radius 2 is 2.36 bits per heavy atom. The average molecular weight is 336 g/mol. The first-order valence-electron chi connectivity index (χ1n) is 6.46. The molecule has 3 heterocycles. The molecule has 3 rings (SSSR count). The summed E-state index contributed by atoms with van der Waals surface area (Å²) in [5.74, 6) is -0.515. The maximum Gasteiger partial charge on any atom is 0.437 e. The number of carbonyl (C=O) groups is 1. The number of hydrogen-bond donors (Lipinski definition) is 1. The van der Waals surface area contributed by atoms with Crippen molar-refractivity contribution in [3.63, 3.8) is 0 Å². The summed E-state index contributed by atoms with van der Waals surface area (Å²) < 4.78 is 6.23. The number of anilines is 1. The first-order chi connectivity index (χ1) is 10.6. The van der Waals surface area contributed by atoms with Crippen LogP contribution < -0.4 is 11.1 Å². The lowest BCUT2D eigenvalue weighted by Crippen LogP contribution is -2.20. The van der Waals surface area contributed by atoms with Gasteiger partial charge in [-0.15, -0.1) is 27.8 Å². The van der Waals surface area contributed by atoms with Crippen LogP contribution in [0.25, 0.3) is 10.8 Å². The molecule has 7 nitrogen and oxygen atoms in total. The molecule has 0 saturated carbocycles. The minimum atomic E-state index is -0.568. The van der Waals surface area contributed by atoms with Crippen LogP contribution >= 0.6 is 22.7 Å². The van der Waals surface area contributed by atoms with E-state index >= 15 is 0 Å². The zero-order chi connectivity index (χ0) is 15.5. The van der Waals surface area contributed by atoms with Crippen LogP contribution in [0, 0.1) is 6.92 Å². The van der Waals surface area contributed by atoms with Gasteiger partial charge in [-0.25, -0.2) is 9.78 Å². The van der Waals surface area contributed by atoms with E-state index in [1.54, 1.807) is 6.20 Å². The lowest BCUT2D eigenvalue weighted by molar-refractivity contribution is -0.116. The number of hydrogen-bond acceptors (Lipinski definition) is 7. The third kappa shape index (κ3) is 3.31. The second-order valence-corrected chi connectivity index (χ2v) is 6.63. The molecule has 3 aromatic heterocycles. The van der Waals surface area contributed by atoms with Crippen LogP contribution in [0.3, 0.4) is 0 Å². The Morgan fingerprint density at radius 1 is 1.50 bits per heavy atom. The van der Waals surface area contributed by atoms with Crippen LogP contribution in [0.2, 0.25) is 0 Å². The zero-order valence-corrected chi connectivity index (χ0v) is 13.2. The summed E-state index contributed by atoms with van der Waals surface area (Å²) in [6, 6.07) is 3.67. The number of thiophene rings is 1. The smallest absolute Gasteiger partial charge is 0.387 e. The van der Waals surface area contributed by atoms with Crippen LogP contribution in [0.4, 0.5) is 5.13 Å². The summed E-state index contributed by atoms with van der Waals surface area (Å²) in [6.45, 7) is 2.07. The van der Waals surface area contributed by atoms with Crippen molar-refractivity contribution in [3.8, 4) is 10.8 Å². The Bertz CT molecular complexity index is 832. The third-order valence-electron chi connectivity index (χ3n) is 2.76. The first-order valence-corrected chi connectivity index (χ1v) is 8.15. The van der Waals surface area contributed by atoms with Gasteiger partial charge in [-0.2, -0.15) is 4.68 Å². The second kappa shape index (κ2) is 6.24. The van der Waals surface area contributed by atoms with Crippen LogP contribution in [0.1, 0.15) is 11.3 Å². The van der Waals surface area contributed by atoms with Gasteiger partial charge >= 0.3 is 5.76 Å². The molecule has 3 aromatic rings. The van der Waals surface area contributed by atoms with Crippen molar-refractivity contribution in [2.24, 2.45) is 0 Å². The van der Waals surface area contributed by atoms with E-state index < -0.39 is 5.76 Å². The fourth-order valence-corrected chi connectivity index (χ4v) is 3.07. The van der Waals surface area contributed by atoms with Crippen molar-refractivity contribution >= 4 is 33.7 Å². The Morgan fingerprint density at radius 3 is 3.05 bits per heavy atom. The van der Waals surface area contributed by atoms with E-state index in [1.165, 1.54) is 22.7 Å². The van der Waals surface area contributed by atoms with Gasteiger partial charge in [0.2, 0.25) is 5.91 Å². The van der Waals surface area contributed by atoms with E-state index in [9.17, 15) is 9.59 Å². The van der Waals surface area contributed by atoms with Crippen LogP contribution in [0.5, 0.6) is 0 Å². The summed E-state index contributed by atoms with van der Waals surface area (Å²) in [5, 5.41) is 9.20. The summed E-state index contributed by atoms with van der Waals surface area (Å²) in [6.07, 6.45) is 1.81. The molecule has 114 valence electrons. The molecule has 1 amide bonds. The summed E-state index contributed by atoms with van der Waals surface area (Å²) >= 11 is 2.83. The summed E-state index contributed by atoms with van der Waals surface area (Å²) in [7, 11) is 0. The SMILES string of the molecule is Cc1cnc(NC(=O)CCn2nc(-c3cccs3)oc2=O)s1. The van der Waals surface area contributed by atoms with Gasteiger partial charge in [0.25, 0.3) is 5.89 Å². The fourth-order valence-electron chi connectivity index (χ4n) is 1.75. The molecule has 0 aromatic carbocycles. The highest BCUT2D eigenvalue weighted by molar-refractivity contribution is 7.15. The lowest BCUT2D eigenvalue weighted by Gasteiger charge is -2.00. The molecule has 1 N–H and O–H groups in total. The molecule has 0 aliphatic rings. The minimum Gasteiger partial charge on any atom is -0.387 e. The molecule has 9 heteroatoms. The highest BCUT2D eigenvalue weighted by Gasteiger charge is 2.12. The fraction of sp³-hybridized carbons (Fsp3) is 0.231. The van der Waals surface area contributed by atoms with Crippen molar-refractivity contribution in [1.29, 1.82) is 0 Å². The largest absolute Gasteiger partial charge is 0.437 e. The summed E-state index contributed by atoms with van der Waals surface area (Å²) in [5.41, 5.74) is 0. The van der Waals surface area contributed by atoms with Crippen LogP contribution in [-0.4, -0.2) is 20.7 Å². The molecular weight excluding hydrogens is 324 g/mol. The average Bonchev–Trinajstić information content (AvgIpc) is 3.18. The van der Waals surface area contributed by atoms with E-state index in [0.29, 0.717) is 5.13 Å². The predicted molar refractivity (Wildman–Crippen MR) is 84.2 cm³/mol. The molecule has 22 heavy (non-hydrogen) atoms. The first kappa shape index (κ1) is 14.7. The van der Waals surface area contributed by atoms with Crippen LogP contribution in [0.15, 0.2) is 32.9 Å². The number of amides is 1. The molecule has 0 spiro atoms. The monoisotopic (exact) mass is 336 g/mol. The van der Waals surface area contributed by atoms with Gasteiger partial charge in [-0.05, 0) is 18.4 Å². The van der Waals surface area contributed by atoms with Gasteiger partial charge in [-0.3, -0.25) is 4.79 Å². The number of carbonyl (C=O) groups excluding carboxylic acids is 1. The Kier molecular flexibility index (Phi) is 4.16. The third-order valence-corrected chi connectivity index (χ3v) is 4.44. The lowest BCUT2D eigenvalue weighted by atomic mass is 10.4. The van der Waals surface area contributed by atoms with Crippen molar-refractivity contribution in [2.45, 2.75) is 19.9 Å². The molecule has 0 bridgehead atoms. The van der Waals surface area contributed by atoms with Gasteiger partial charge < -0.3 is 9.73 Å². The van der Waals surface area contributed by atoms with Gasteiger partial charge in [0, 0.05) is 17.5 Å². The van der Waals surface area contributed by atoms with Crippen molar-refractivity contribution in [3.05, 3.63) is 39.1 Å². The Hall–Kier alpha value is -2.26. The summed E-state index contributed by atoms with van der Waals surface area (Å²) in [4.78, 5) is 29.4. The van der Waals surface area contributed by atoms with Crippen molar-refractivity contribution in [1.82, 2.24) is 14.8 Å². The van der Waals surface area contributed by atoms with E-state index in [1.807, 2.05) is 24.4 Å². The highest BCUT2D eigenvalue weighted by atomic mass is 32.1. The minimum absolute atomic E-state index is 0.120. The number of rotatable bonds is 5. The molecule has 0 atom stereocenters. The van der Waals surface area contributed by atoms with E-state index in [0.717, 1.165) is 14.4 Å². The quantitative estimate of drug-likeness (QED) is 0.772. The predicted octanol–water partition coefficient (Wildman–Crippen LogP) is 2.36. The maximum absolute atomic E-state index is 11.8. The van der Waals surface area contributed by atoms with Crippen molar-refractivity contribution in [2.75, 3.05) is 5.32 Å².